The smallest absolute Gasteiger partial charge is 0.305 e. The van der Waals surface area contributed by atoms with Crippen LogP contribution in [0, 0.1) is 0 Å². The van der Waals surface area contributed by atoms with Gasteiger partial charge in [0, 0.05) is 25.7 Å². The summed E-state index contributed by atoms with van der Waals surface area (Å²) in [4.78, 5) is 24.2. The zero-order chi connectivity index (χ0) is 20.9. The van der Waals surface area contributed by atoms with E-state index in [0.717, 1.165) is 12.0 Å². The first kappa shape index (κ1) is 19.9. The van der Waals surface area contributed by atoms with E-state index in [1.165, 1.54) is 39.7 Å². The maximum atomic E-state index is 13.4. The molecule has 2 aromatic carbocycles. The van der Waals surface area contributed by atoms with E-state index in [2.05, 4.69) is 0 Å². The number of hydrogen-bond donors (Lipinski definition) is 0. The summed E-state index contributed by atoms with van der Waals surface area (Å²) in [6, 6.07) is 11.4. The van der Waals surface area contributed by atoms with Crippen molar-refractivity contribution in [2.75, 3.05) is 6.54 Å². The van der Waals surface area contributed by atoms with E-state index in [-0.39, 0.29) is 10.9 Å². The maximum Gasteiger partial charge on any atom is 0.316 e. The van der Waals surface area contributed by atoms with Crippen LogP contribution in [0.1, 0.15) is 24.4 Å². The summed E-state index contributed by atoms with van der Waals surface area (Å²) in [6.07, 6.45) is 1.42. The minimum atomic E-state index is -3.82. The first-order valence-corrected chi connectivity index (χ1v) is 11.0. The van der Waals surface area contributed by atoms with Crippen molar-refractivity contribution in [3.05, 3.63) is 73.8 Å². The number of aromatic nitrogens is 2. The third kappa shape index (κ3) is 3.11. The first-order chi connectivity index (χ1) is 13.7. The summed E-state index contributed by atoms with van der Waals surface area (Å²) in [7, 11) is -0.868. The van der Waals surface area contributed by atoms with Crippen LogP contribution in [0.15, 0.2) is 56.9 Å². The number of rotatable bonds is 3. The summed E-state index contributed by atoms with van der Waals surface area (Å²) in [5.41, 5.74) is 0.288. The van der Waals surface area contributed by atoms with Gasteiger partial charge in [0.25, 0.3) is 0 Å². The standard InChI is InChI=1S/C20H20ClN3O4S/c1-22-17-10-9-13(12-18(17)23(2)20(26)19(22)25)29(27,28)24-11-5-8-16(24)14-6-3-4-7-15(14)21/h3-4,6-7,9-10,12,16H,5,8,11H2,1-2H3/t16-/m1/s1. The van der Waals surface area contributed by atoms with Crippen LogP contribution >= 0.6 is 11.6 Å². The van der Waals surface area contributed by atoms with E-state index < -0.39 is 21.1 Å². The first-order valence-electron chi connectivity index (χ1n) is 9.19. The Morgan fingerprint density at radius 1 is 0.966 bits per heavy atom. The highest BCUT2D eigenvalue weighted by atomic mass is 35.5. The topological polar surface area (TPSA) is 81.4 Å². The fraction of sp³-hybridized carbons (Fsp3) is 0.300. The third-order valence-corrected chi connectivity index (χ3v) is 7.78. The summed E-state index contributed by atoms with van der Waals surface area (Å²) < 4.78 is 30.8. The summed E-state index contributed by atoms with van der Waals surface area (Å²) >= 11 is 6.32. The van der Waals surface area contributed by atoms with Crippen molar-refractivity contribution in [1.82, 2.24) is 13.4 Å². The maximum absolute atomic E-state index is 13.4. The number of sulfonamides is 1. The molecule has 0 unspecified atom stereocenters. The largest absolute Gasteiger partial charge is 0.316 e. The van der Waals surface area contributed by atoms with Crippen molar-refractivity contribution in [2.24, 2.45) is 14.1 Å². The molecular formula is C20H20ClN3O4S. The SMILES string of the molecule is Cn1c(=O)c(=O)n(C)c2cc(S(=O)(=O)N3CCC[C@@H]3c3ccccc3Cl)ccc21. The Morgan fingerprint density at radius 2 is 1.62 bits per heavy atom. The normalized spacial score (nSPS) is 17.8. The highest BCUT2D eigenvalue weighted by Gasteiger charge is 2.37. The Bertz CT molecular complexity index is 1340. The van der Waals surface area contributed by atoms with Crippen LogP contribution in [0.4, 0.5) is 0 Å². The van der Waals surface area contributed by atoms with Crippen molar-refractivity contribution in [2.45, 2.75) is 23.8 Å². The van der Waals surface area contributed by atoms with E-state index in [0.29, 0.717) is 29.0 Å². The van der Waals surface area contributed by atoms with Gasteiger partial charge in [-0.05, 0) is 42.7 Å². The minimum absolute atomic E-state index is 0.0811. The quantitative estimate of drug-likeness (QED) is 0.594. The van der Waals surface area contributed by atoms with Gasteiger partial charge in [0.1, 0.15) is 0 Å². The molecule has 7 nitrogen and oxygen atoms in total. The minimum Gasteiger partial charge on any atom is -0.305 e. The molecule has 1 saturated heterocycles. The van der Waals surface area contributed by atoms with Crippen LogP contribution in [0.3, 0.4) is 0 Å². The predicted octanol–water partition coefficient (Wildman–Crippen LogP) is 2.42. The molecule has 4 rings (SSSR count). The van der Waals surface area contributed by atoms with Gasteiger partial charge in [0.15, 0.2) is 0 Å². The fourth-order valence-corrected chi connectivity index (χ4v) is 5.90. The summed E-state index contributed by atoms with van der Waals surface area (Å²) in [6.45, 7) is 0.391. The van der Waals surface area contributed by atoms with E-state index in [1.807, 2.05) is 18.2 Å². The van der Waals surface area contributed by atoms with Crippen molar-refractivity contribution >= 4 is 32.7 Å². The zero-order valence-corrected chi connectivity index (χ0v) is 17.6. The van der Waals surface area contributed by atoms with Crippen LogP contribution in [0.2, 0.25) is 5.02 Å². The molecule has 0 saturated carbocycles. The van der Waals surface area contributed by atoms with E-state index in [4.69, 9.17) is 11.6 Å². The van der Waals surface area contributed by atoms with Crippen LogP contribution in [-0.2, 0) is 24.1 Å². The molecule has 29 heavy (non-hydrogen) atoms. The zero-order valence-electron chi connectivity index (χ0n) is 16.0. The molecule has 0 bridgehead atoms. The molecule has 0 radical (unpaired) electrons. The molecule has 0 aliphatic carbocycles. The van der Waals surface area contributed by atoms with Crippen LogP contribution in [0.25, 0.3) is 11.0 Å². The molecule has 3 aromatic rings. The Kier molecular flexibility index (Phi) is 4.88. The molecule has 1 aliphatic heterocycles. The summed E-state index contributed by atoms with van der Waals surface area (Å²) in [5.74, 6) is 0. The predicted molar refractivity (Wildman–Crippen MR) is 112 cm³/mol. The van der Waals surface area contributed by atoms with Gasteiger partial charge in [-0.1, -0.05) is 29.8 Å². The second-order valence-corrected chi connectivity index (χ2v) is 9.47. The Hall–Kier alpha value is -2.42. The van der Waals surface area contributed by atoms with Gasteiger partial charge in [0.2, 0.25) is 10.0 Å². The monoisotopic (exact) mass is 433 g/mol. The van der Waals surface area contributed by atoms with Gasteiger partial charge in [-0.25, -0.2) is 8.42 Å². The molecule has 1 aromatic heterocycles. The molecule has 1 aliphatic rings. The molecule has 9 heteroatoms. The lowest BCUT2D eigenvalue weighted by molar-refractivity contribution is 0.397. The Labute approximate surface area is 172 Å². The van der Waals surface area contributed by atoms with Gasteiger partial charge in [-0.3, -0.25) is 9.59 Å². The van der Waals surface area contributed by atoms with Gasteiger partial charge in [-0.15, -0.1) is 0 Å². The molecular weight excluding hydrogens is 414 g/mol. The number of benzene rings is 2. The lowest BCUT2D eigenvalue weighted by Crippen LogP contribution is -2.39. The van der Waals surface area contributed by atoms with E-state index >= 15 is 0 Å². The molecule has 1 atom stereocenters. The lowest BCUT2D eigenvalue weighted by atomic mass is 10.1. The lowest BCUT2D eigenvalue weighted by Gasteiger charge is -2.25. The number of fused-ring (bicyclic) bond motifs is 1. The third-order valence-electron chi connectivity index (χ3n) is 5.54. The van der Waals surface area contributed by atoms with Crippen molar-refractivity contribution in [3.63, 3.8) is 0 Å². The van der Waals surface area contributed by atoms with Crippen LogP contribution in [0.5, 0.6) is 0 Å². The summed E-state index contributed by atoms with van der Waals surface area (Å²) in [5, 5.41) is 0.538. The highest BCUT2D eigenvalue weighted by molar-refractivity contribution is 7.89. The van der Waals surface area contributed by atoms with Gasteiger partial charge >= 0.3 is 11.1 Å². The molecule has 1 fully saturated rings. The van der Waals surface area contributed by atoms with Gasteiger partial charge in [0.05, 0.1) is 22.0 Å². The van der Waals surface area contributed by atoms with Crippen molar-refractivity contribution < 1.29 is 8.42 Å². The van der Waals surface area contributed by atoms with Crippen LogP contribution < -0.4 is 11.1 Å². The van der Waals surface area contributed by atoms with Gasteiger partial charge in [-0.2, -0.15) is 4.31 Å². The molecule has 0 N–H and O–H groups in total. The highest BCUT2D eigenvalue weighted by Crippen LogP contribution is 2.39. The average Bonchev–Trinajstić information content (AvgIpc) is 3.21. The number of hydrogen-bond acceptors (Lipinski definition) is 4. The average molecular weight is 434 g/mol. The second kappa shape index (κ2) is 7.12. The molecule has 0 amide bonds. The Balaban J connectivity index is 1.85. The molecule has 2 heterocycles. The van der Waals surface area contributed by atoms with Crippen molar-refractivity contribution in [1.29, 1.82) is 0 Å². The molecule has 152 valence electrons. The fourth-order valence-electron chi connectivity index (χ4n) is 3.94. The number of halogens is 1. The number of aryl methyl sites for hydroxylation is 2. The molecule has 0 spiro atoms. The second-order valence-electron chi connectivity index (χ2n) is 7.17. The van der Waals surface area contributed by atoms with Crippen molar-refractivity contribution in [3.8, 4) is 0 Å². The van der Waals surface area contributed by atoms with E-state index in [1.54, 1.807) is 12.1 Å². The van der Waals surface area contributed by atoms with Crippen LogP contribution in [-0.4, -0.2) is 28.4 Å². The Morgan fingerprint density at radius 3 is 2.31 bits per heavy atom. The number of nitrogens with zero attached hydrogens (tertiary/aromatic N) is 3. The van der Waals surface area contributed by atoms with Gasteiger partial charge < -0.3 is 9.13 Å². The van der Waals surface area contributed by atoms with E-state index in [9.17, 15) is 18.0 Å².